The molecular formula is C14H17FN2O2. The number of carbonyl (C=O) groups is 2. The molecule has 19 heavy (non-hydrogen) atoms. The molecule has 2 rings (SSSR count). The van der Waals surface area contributed by atoms with Crippen molar-refractivity contribution in [2.24, 2.45) is 11.8 Å². The molecule has 0 heterocycles. The fourth-order valence-electron chi connectivity index (χ4n) is 1.98. The Hall–Kier alpha value is -1.91. The molecule has 1 aromatic carbocycles. The highest BCUT2D eigenvalue weighted by atomic mass is 19.1. The van der Waals surface area contributed by atoms with Crippen LogP contribution >= 0.6 is 0 Å². The van der Waals surface area contributed by atoms with Crippen LogP contribution in [0.25, 0.3) is 0 Å². The summed E-state index contributed by atoms with van der Waals surface area (Å²) in [5.41, 5.74) is 0.520. The summed E-state index contributed by atoms with van der Waals surface area (Å²) in [7, 11) is 1.62. The van der Waals surface area contributed by atoms with Gasteiger partial charge in [0.15, 0.2) is 0 Å². The molecule has 2 atom stereocenters. The minimum atomic E-state index is -0.354. The summed E-state index contributed by atoms with van der Waals surface area (Å²) in [5, 5.41) is 2.63. The SMILES string of the molecule is C[C@H]1C[C@@H]1C(=O)N(C)CC(=O)Nc1ccc(F)cc1. The topological polar surface area (TPSA) is 49.4 Å². The van der Waals surface area contributed by atoms with Crippen LogP contribution in [-0.2, 0) is 9.59 Å². The summed E-state index contributed by atoms with van der Waals surface area (Å²) in [4.78, 5) is 25.0. The smallest absolute Gasteiger partial charge is 0.243 e. The second kappa shape index (κ2) is 5.38. The number of hydrogen-bond donors (Lipinski definition) is 1. The molecule has 0 aliphatic heterocycles. The summed E-state index contributed by atoms with van der Waals surface area (Å²) in [6.45, 7) is 2.04. The highest BCUT2D eigenvalue weighted by molar-refractivity contribution is 5.95. The van der Waals surface area contributed by atoms with E-state index in [9.17, 15) is 14.0 Å². The number of anilines is 1. The van der Waals surface area contributed by atoms with Crippen molar-refractivity contribution >= 4 is 17.5 Å². The zero-order valence-electron chi connectivity index (χ0n) is 11.0. The first-order chi connectivity index (χ1) is 8.97. The number of carbonyl (C=O) groups excluding carboxylic acids is 2. The van der Waals surface area contributed by atoms with Gasteiger partial charge in [-0.1, -0.05) is 6.92 Å². The molecule has 4 nitrogen and oxygen atoms in total. The van der Waals surface area contributed by atoms with Crippen LogP contribution in [0.2, 0.25) is 0 Å². The molecule has 0 unspecified atom stereocenters. The first-order valence-corrected chi connectivity index (χ1v) is 6.28. The molecule has 1 aromatic rings. The van der Waals surface area contributed by atoms with Crippen LogP contribution in [0.5, 0.6) is 0 Å². The van der Waals surface area contributed by atoms with E-state index in [2.05, 4.69) is 5.32 Å². The van der Waals surface area contributed by atoms with Gasteiger partial charge in [0.05, 0.1) is 6.54 Å². The molecule has 5 heteroatoms. The van der Waals surface area contributed by atoms with E-state index in [0.717, 1.165) is 6.42 Å². The molecule has 1 saturated carbocycles. The highest BCUT2D eigenvalue weighted by Crippen LogP contribution is 2.38. The second-order valence-electron chi connectivity index (χ2n) is 5.07. The van der Waals surface area contributed by atoms with Gasteiger partial charge in [-0.2, -0.15) is 0 Å². The van der Waals surface area contributed by atoms with Gasteiger partial charge in [0.1, 0.15) is 5.82 Å². The average molecular weight is 264 g/mol. The molecule has 1 N–H and O–H groups in total. The van der Waals surface area contributed by atoms with Crippen LogP contribution < -0.4 is 5.32 Å². The third-order valence-corrected chi connectivity index (χ3v) is 3.31. The first kappa shape index (κ1) is 13.5. The Morgan fingerprint density at radius 1 is 1.37 bits per heavy atom. The Balaban J connectivity index is 1.83. The molecule has 0 saturated heterocycles. The van der Waals surface area contributed by atoms with E-state index in [1.165, 1.54) is 29.2 Å². The van der Waals surface area contributed by atoms with Crippen molar-refractivity contribution < 1.29 is 14.0 Å². The van der Waals surface area contributed by atoms with E-state index >= 15 is 0 Å². The second-order valence-corrected chi connectivity index (χ2v) is 5.07. The fraction of sp³-hybridized carbons (Fsp3) is 0.429. The number of likely N-dealkylation sites (N-methyl/N-ethyl adjacent to an activating group) is 1. The van der Waals surface area contributed by atoms with Gasteiger partial charge in [-0.15, -0.1) is 0 Å². The maximum Gasteiger partial charge on any atom is 0.243 e. The number of nitrogens with zero attached hydrogens (tertiary/aromatic N) is 1. The number of benzene rings is 1. The third-order valence-electron chi connectivity index (χ3n) is 3.31. The first-order valence-electron chi connectivity index (χ1n) is 6.28. The van der Waals surface area contributed by atoms with Gasteiger partial charge in [-0.25, -0.2) is 4.39 Å². The predicted octanol–water partition coefficient (Wildman–Crippen LogP) is 1.88. The third kappa shape index (κ3) is 3.53. The normalized spacial score (nSPS) is 20.8. The number of nitrogens with one attached hydrogen (secondary N) is 1. The van der Waals surface area contributed by atoms with Crippen LogP contribution in [0.1, 0.15) is 13.3 Å². The van der Waals surface area contributed by atoms with Crippen molar-refractivity contribution in [1.82, 2.24) is 4.90 Å². The van der Waals surface area contributed by atoms with Gasteiger partial charge >= 0.3 is 0 Å². The molecule has 1 aliphatic rings. The van der Waals surface area contributed by atoms with E-state index < -0.39 is 0 Å². The molecule has 0 radical (unpaired) electrons. The van der Waals surface area contributed by atoms with E-state index in [4.69, 9.17) is 0 Å². The van der Waals surface area contributed by atoms with Gasteiger partial charge in [0, 0.05) is 18.7 Å². The number of hydrogen-bond acceptors (Lipinski definition) is 2. The monoisotopic (exact) mass is 264 g/mol. The summed E-state index contributed by atoms with van der Waals surface area (Å²) >= 11 is 0. The Kier molecular flexibility index (Phi) is 3.83. The molecule has 0 spiro atoms. The van der Waals surface area contributed by atoms with Crippen molar-refractivity contribution in [3.05, 3.63) is 30.1 Å². The minimum Gasteiger partial charge on any atom is -0.336 e. The highest BCUT2D eigenvalue weighted by Gasteiger charge is 2.40. The predicted molar refractivity (Wildman–Crippen MR) is 69.9 cm³/mol. The number of rotatable bonds is 4. The van der Waals surface area contributed by atoms with Crippen LogP contribution in [0, 0.1) is 17.7 Å². The van der Waals surface area contributed by atoms with Crippen LogP contribution in [0.3, 0.4) is 0 Å². The zero-order chi connectivity index (χ0) is 14.0. The Labute approximate surface area is 111 Å². The lowest BCUT2D eigenvalue weighted by molar-refractivity contribution is -0.134. The van der Waals surface area contributed by atoms with Crippen LogP contribution in [0.15, 0.2) is 24.3 Å². The van der Waals surface area contributed by atoms with Gasteiger partial charge in [-0.05, 0) is 36.6 Å². The van der Waals surface area contributed by atoms with E-state index in [1.54, 1.807) is 7.05 Å². The maximum atomic E-state index is 12.7. The zero-order valence-corrected chi connectivity index (χ0v) is 11.0. The quantitative estimate of drug-likeness (QED) is 0.902. The van der Waals surface area contributed by atoms with Gasteiger partial charge < -0.3 is 10.2 Å². The molecule has 0 aromatic heterocycles. The molecule has 2 amide bonds. The lowest BCUT2D eigenvalue weighted by atomic mass is 10.3. The van der Waals surface area contributed by atoms with Crippen molar-refractivity contribution in [2.75, 3.05) is 18.9 Å². The van der Waals surface area contributed by atoms with Crippen molar-refractivity contribution in [3.63, 3.8) is 0 Å². The fourth-order valence-corrected chi connectivity index (χ4v) is 1.98. The summed E-state index contributed by atoms with van der Waals surface area (Å²) in [6.07, 6.45) is 0.906. The van der Waals surface area contributed by atoms with Crippen molar-refractivity contribution in [2.45, 2.75) is 13.3 Å². The van der Waals surface area contributed by atoms with E-state index in [1.807, 2.05) is 6.92 Å². The molecule has 1 fully saturated rings. The minimum absolute atomic E-state index is 0.0133. The van der Waals surface area contributed by atoms with Gasteiger partial charge in [0.25, 0.3) is 0 Å². The Morgan fingerprint density at radius 3 is 2.47 bits per heavy atom. The Morgan fingerprint density at radius 2 is 1.95 bits per heavy atom. The summed E-state index contributed by atoms with van der Waals surface area (Å²) in [5.74, 6) is -0.121. The Bertz CT molecular complexity index is 487. The average Bonchev–Trinajstić information content (AvgIpc) is 3.08. The van der Waals surface area contributed by atoms with Gasteiger partial charge in [0.2, 0.25) is 11.8 Å². The molecule has 102 valence electrons. The van der Waals surface area contributed by atoms with Crippen molar-refractivity contribution in [1.29, 1.82) is 0 Å². The number of halogens is 1. The number of amides is 2. The maximum absolute atomic E-state index is 12.7. The van der Waals surface area contributed by atoms with E-state index in [0.29, 0.717) is 11.6 Å². The van der Waals surface area contributed by atoms with Crippen molar-refractivity contribution in [3.8, 4) is 0 Å². The largest absolute Gasteiger partial charge is 0.336 e. The summed E-state index contributed by atoms with van der Waals surface area (Å²) < 4.78 is 12.7. The van der Waals surface area contributed by atoms with E-state index in [-0.39, 0.29) is 30.1 Å². The van der Waals surface area contributed by atoms with Crippen LogP contribution in [0.4, 0.5) is 10.1 Å². The lowest BCUT2D eigenvalue weighted by Gasteiger charge is -2.16. The molecular weight excluding hydrogens is 247 g/mol. The molecule has 0 bridgehead atoms. The molecule has 1 aliphatic carbocycles. The lowest BCUT2D eigenvalue weighted by Crippen LogP contribution is -2.36. The van der Waals surface area contributed by atoms with Gasteiger partial charge in [-0.3, -0.25) is 9.59 Å². The summed E-state index contributed by atoms with van der Waals surface area (Å²) in [6, 6.07) is 5.52. The van der Waals surface area contributed by atoms with Crippen LogP contribution in [-0.4, -0.2) is 30.3 Å². The standard InChI is InChI=1S/C14H17FN2O2/c1-9-7-12(9)14(19)17(2)8-13(18)16-11-5-3-10(15)4-6-11/h3-6,9,12H,7-8H2,1-2H3,(H,16,18)/t9-,12-/m0/s1.